The fraction of sp³-hybridized carbons (Fsp3) is 0.833. The van der Waals surface area contributed by atoms with Crippen molar-refractivity contribution in [3.05, 3.63) is 0 Å². The highest BCUT2D eigenvalue weighted by Gasteiger charge is 2.52. The Labute approximate surface area is 104 Å². The highest BCUT2D eigenvalue weighted by molar-refractivity contribution is 7.78. The van der Waals surface area contributed by atoms with Crippen molar-refractivity contribution in [2.24, 2.45) is 0 Å². The first kappa shape index (κ1) is 16.4. The van der Waals surface area contributed by atoms with E-state index in [2.05, 4.69) is 0 Å². The van der Waals surface area contributed by atoms with Gasteiger partial charge < -0.3 is 10.2 Å². The predicted octanol–water partition coefficient (Wildman–Crippen LogP) is 2.77. The Kier molecular flexibility index (Phi) is 7.37. The van der Waals surface area contributed by atoms with Crippen molar-refractivity contribution in [3.63, 3.8) is 0 Å². The van der Waals surface area contributed by atoms with Crippen LogP contribution in [0.15, 0.2) is 0 Å². The Bertz CT molecular complexity index is 234. The fourth-order valence-electron chi connectivity index (χ4n) is 2.63. The summed E-state index contributed by atoms with van der Waals surface area (Å²) in [6.45, 7) is 6.00. The van der Waals surface area contributed by atoms with Gasteiger partial charge in [-0.1, -0.05) is 20.8 Å². The van der Waals surface area contributed by atoms with E-state index in [1.807, 2.05) is 20.8 Å². The average molecular weight is 263 g/mol. The topological polar surface area (TPSA) is 74.6 Å². The van der Waals surface area contributed by atoms with Crippen LogP contribution in [0.2, 0.25) is 0 Å². The maximum atomic E-state index is 11.3. The summed E-state index contributed by atoms with van der Waals surface area (Å²) in [5.74, 6) is -2.30. The highest BCUT2D eigenvalue weighted by Crippen LogP contribution is 2.64. The van der Waals surface area contributed by atoms with Crippen molar-refractivity contribution in [3.8, 4) is 0 Å². The molecule has 5 heteroatoms. The van der Waals surface area contributed by atoms with Gasteiger partial charge in [0.1, 0.15) is 0 Å². The summed E-state index contributed by atoms with van der Waals surface area (Å²) in [6.07, 6.45) is 4.92. The third kappa shape index (κ3) is 4.27. The molecule has 0 rings (SSSR count). The lowest BCUT2D eigenvalue weighted by molar-refractivity contribution is -0.146. The van der Waals surface area contributed by atoms with Crippen LogP contribution >= 0.6 is 7.26 Å². The van der Waals surface area contributed by atoms with Crippen molar-refractivity contribution >= 4 is 19.2 Å². The van der Waals surface area contributed by atoms with Gasteiger partial charge in [-0.3, -0.25) is 0 Å². The summed E-state index contributed by atoms with van der Waals surface area (Å²) in [6, 6.07) is 0. The van der Waals surface area contributed by atoms with E-state index in [1.54, 1.807) is 0 Å². The lowest BCUT2D eigenvalue weighted by Gasteiger charge is -2.29. The van der Waals surface area contributed by atoms with Crippen LogP contribution in [0, 0.1) is 0 Å². The molecule has 0 aliphatic rings. The van der Waals surface area contributed by atoms with E-state index in [1.165, 1.54) is 0 Å². The summed E-state index contributed by atoms with van der Waals surface area (Å²) in [7, 11) is -1.92. The van der Waals surface area contributed by atoms with E-state index in [9.17, 15) is 19.8 Å². The molecule has 0 radical (unpaired) electrons. The summed E-state index contributed by atoms with van der Waals surface area (Å²) in [5.41, 5.74) is -1.16. The Hall–Kier alpha value is -0.630. The minimum absolute atomic E-state index is 0.776. The van der Waals surface area contributed by atoms with E-state index in [0.717, 1.165) is 37.7 Å². The Morgan fingerprint density at radius 1 is 0.882 bits per heavy atom. The summed E-state index contributed by atoms with van der Waals surface area (Å²) in [4.78, 5) is 22.5. The first-order chi connectivity index (χ1) is 7.95. The minimum Gasteiger partial charge on any atom is -0.478 e. The van der Waals surface area contributed by atoms with Crippen LogP contribution < -0.4 is 0 Å². The second kappa shape index (κ2) is 7.65. The van der Waals surface area contributed by atoms with Gasteiger partial charge >= 0.3 is 11.9 Å². The summed E-state index contributed by atoms with van der Waals surface area (Å²) >= 11 is 0. The molecule has 0 spiro atoms. The zero-order valence-corrected chi connectivity index (χ0v) is 11.9. The van der Waals surface area contributed by atoms with Gasteiger partial charge in [-0.2, -0.15) is 0 Å². The Balaban J connectivity index is 5.32. The molecule has 0 fully saturated rings. The van der Waals surface area contributed by atoms with Crippen molar-refractivity contribution in [2.45, 2.75) is 45.7 Å². The molecule has 0 heterocycles. The van der Waals surface area contributed by atoms with Crippen LogP contribution in [0.5, 0.6) is 0 Å². The number of carbonyl (C=O) groups is 2. The maximum absolute atomic E-state index is 11.3. The van der Waals surface area contributed by atoms with Gasteiger partial charge in [0.15, 0.2) is 0 Å². The SMILES string of the molecule is CCC[P+](CCC)(CCC)C(C(=O)O)C(=O)O. The van der Waals surface area contributed by atoms with Crippen LogP contribution in [-0.4, -0.2) is 46.3 Å². The number of aliphatic carboxylic acids is 2. The van der Waals surface area contributed by atoms with Gasteiger partial charge in [-0.15, -0.1) is 0 Å². The first-order valence-electron chi connectivity index (χ1n) is 6.26. The van der Waals surface area contributed by atoms with Gasteiger partial charge in [0.05, 0.1) is 18.5 Å². The molecule has 100 valence electrons. The van der Waals surface area contributed by atoms with E-state index >= 15 is 0 Å². The number of carboxylic acid groups (broad SMARTS) is 2. The average Bonchev–Trinajstić information content (AvgIpc) is 2.17. The molecule has 0 bridgehead atoms. The Morgan fingerprint density at radius 2 is 1.18 bits per heavy atom. The number of rotatable bonds is 9. The van der Waals surface area contributed by atoms with Gasteiger partial charge in [-0.25, -0.2) is 9.59 Å². The van der Waals surface area contributed by atoms with Crippen LogP contribution in [0.3, 0.4) is 0 Å². The molecule has 0 aliphatic heterocycles. The second-order valence-corrected chi connectivity index (χ2v) is 8.76. The first-order valence-corrected chi connectivity index (χ1v) is 8.67. The van der Waals surface area contributed by atoms with Crippen LogP contribution in [-0.2, 0) is 9.59 Å². The molecule has 0 aromatic rings. The molecule has 0 atom stereocenters. The van der Waals surface area contributed by atoms with E-state index in [4.69, 9.17) is 0 Å². The molecule has 4 nitrogen and oxygen atoms in total. The van der Waals surface area contributed by atoms with Crippen LogP contribution in [0.25, 0.3) is 0 Å². The van der Waals surface area contributed by atoms with Gasteiger partial charge in [0, 0.05) is 7.26 Å². The van der Waals surface area contributed by atoms with Gasteiger partial charge in [0.2, 0.25) is 0 Å². The lowest BCUT2D eigenvalue weighted by atomic mass is 10.4. The van der Waals surface area contributed by atoms with Crippen molar-refractivity contribution in [1.82, 2.24) is 0 Å². The highest BCUT2D eigenvalue weighted by atomic mass is 31.2. The Morgan fingerprint density at radius 3 is 1.35 bits per heavy atom. The maximum Gasteiger partial charge on any atom is 0.356 e. The monoisotopic (exact) mass is 263 g/mol. The zero-order valence-electron chi connectivity index (χ0n) is 11.0. The molecule has 0 saturated heterocycles. The standard InChI is InChI=1S/C12H23O4P/c1-4-7-17(8-5-2,9-6-3)10(11(13)14)12(15)16/h10H,4-9H2,1-3H3,(H-,13,14,15,16)/p+1. The number of hydrogen-bond acceptors (Lipinski definition) is 2. The van der Waals surface area contributed by atoms with Crippen molar-refractivity contribution in [1.29, 1.82) is 0 Å². The quantitative estimate of drug-likeness (QED) is 0.495. The van der Waals surface area contributed by atoms with E-state index in [0.29, 0.717) is 0 Å². The molecule has 0 aromatic heterocycles. The number of hydrogen-bond donors (Lipinski definition) is 2. The zero-order chi connectivity index (χ0) is 13.5. The predicted molar refractivity (Wildman–Crippen MR) is 71.5 cm³/mol. The molecular weight excluding hydrogens is 239 g/mol. The third-order valence-corrected chi connectivity index (χ3v) is 8.57. The normalized spacial score (nSPS) is 11.8. The third-order valence-electron chi connectivity index (χ3n) is 3.02. The minimum atomic E-state index is -1.92. The van der Waals surface area contributed by atoms with Crippen molar-refractivity contribution < 1.29 is 19.8 Å². The van der Waals surface area contributed by atoms with Gasteiger partial charge in [0.25, 0.3) is 5.66 Å². The van der Waals surface area contributed by atoms with E-state index in [-0.39, 0.29) is 0 Å². The molecule has 0 aromatic carbocycles. The summed E-state index contributed by atoms with van der Waals surface area (Å²) < 4.78 is 0. The summed E-state index contributed by atoms with van der Waals surface area (Å²) in [5, 5.41) is 18.4. The number of carboxylic acids is 2. The molecule has 0 aliphatic carbocycles. The largest absolute Gasteiger partial charge is 0.478 e. The molecular formula is C12H24O4P+. The smallest absolute Gasteiger partial charge is 0.356 e. The fourth-order valence-corrected chi connectivity index (χ4v) is 7.69. The van der Waals surface area contributed by atoms with Crippen LogP contribution in [0.1, 0.15) is 40.0 Å². The van der Waals surface area contributed by atoms with Gasteiger partial charge in [-0.05, 0) is 19.3 Å². The molecule has 17 heavy (non-hydrogen) atoms. The molecule has 0 saturated carbocycles. The van der Waals surface area contributed by atoms with Crippen molar-refractivity contribution in [2.75, 3.05) is 18.5 Å². The lowest BCUT2D eigenvalue weighted by Crippen LogP contribution is -2.36. The molecule has 0 amide bonds. The molecule has 0 unspecified atom stereocenters. The molecule has 2 N–H and O–H groups in total. The van der Waals surface area contributed by atoms with E-state index < -0.39 is 24.9 Å². The second-order valence-electron chi connectivity index (χ2n) is 4.47. The van der Waals surface area contributed by atoms with Crippen LogP contribution in [0.4, 0.5) is 0 Å².